The van der Waals surface area contributed by atoms with E-state index in [1.165, 1.54) is 12.1 Å². The van der Waals surface area contributed by atoms with Crippen molar-refractivity contribution in [2.24, 2.45) is 11.8 Å². The number of benzene rings is 1. The standard InChI is InChI=1S/C28H36N8S/c1-21-15-22(2)20-36(19-21)26-16-25(35-13-11-34(12-14-35)24-8-4-3-5-9-24)31-27(32-26)33-28(37)30-18-23-7-6-10-29-17-23/h3-10,16-17,21-22H,11-15,18-20H2,1-2H3,(H2,30,31,32,33,37). The molecule has 0 spiro atoms. The van der Waals surface area contributed by atoms with Crippen LogP contribution in [0.3, 0.4) is 0 Å². The fraction of sp³-hybridized carbons (Fsp3) is 0.429. The molecular weight excluding hydrogens is 480 g/mol. The van der Waals surface area contributed by atoms with E-state index in [1.807, 2.05) is 18.3 Å². The summed E-state index contributed by atoms with van der Waals surface area (Å²) in [5.41, 5.74) is 2.34. The first-order chi connectivity index (χ1) is 18.0. The van der Waals surface area contributed by atoms with Gasteiger partial charge in [0.1, 0.15) is 11.6 Å². The number of rotatable bonds is 6. The third-order valence-electron chi connectivity index (χ3n) is 7.02. The fourth-order valence-electron chi connectivity index (χ4n) is 5.32. The van der Waals surface area contributed by atoms with Crippen molar-refractivity contribution in [2.45, 2.75) is 26.8 Å². The number of nitrogens with zero attached hydrogens (tertiary/aromatic N) is 6. The Labute approximate surface area is 225 Å². The highest BCUT2D eigenvalue weighted by atomic mass is 32.1. The van der Waals surface area contributed by atoms with E-state index in [9.17, 15) is 0 Å². The van der Waals surface area contributed by atoms with Crippen molar-refractivity contribution in [1.29, 1.82) is 0 Å². The van der Waals surface area contributed by atoms with Crippen LogP contribution in [-0.2, 0) is 6.54 Å². The van der Waals surface area contributed by atoms with Gasteiger partial charge < -0.3 is 25.3 Å². The van der Waals surface area contributed by atoms with Crippen molar-refractivity contribution in [3.63, 3.8) is 0 Å². The van der Waals surface area contributed by atoms with Crippen molar-refractivity contribution in [2.75, 3.05) is 59.3 Å². The summed E-state index contributed by atoms with van der Waals surface area (Å²) in [7, 11) is 0. The fourth-order valence-corrected chi connectivity index (χ4v) is 5.48. The summed E-state index contributed by atoms with van der Waals surface area (Å²) in [6, 6.07) is 16.7. The van der Waals surface area contributed by atoms with E-state index in [1.54, 1.807) is 6.20 Å². The van der Waals surface area contributed by atoms with Crippen LogP contribution in [0, 0.1) is 11.8 Å². The quantitative estimate of drug-likeness (QED) is 0.470. The van der Waals surface area contributed by atoms with Gasteiger partial charge in [-0.3, -0.25) is 4.98 Å². The maximum atomic E-state index is 5.59. The van der Waals surface area contributed by atoms with Gasteiger partial charge in [0, 0.05) is 70.0 Å². The minimum absolute atomic E-state index is 0.501. The second-order valence-corrected chi connectivity index (χ2v) is 10.6. The average molecular weight is 517 g/mol. The van der Waals surface area contributed by atoms with E-state index in [0.717, 1.165) is 56.5 Å². The minimum Gasteiger partial charge on any atom is -0.368 e. The first kappa shape index (κ1) is 25.2. The summed E-state index contributed by atoms with van der Waals surface area (Å²) in [6.45, 7) is 11.0. The van der Waals surface area contributed by atoms with Gasteiger partial charge in [-0.2, -0.15) is 9.97 Å². The molecule has 0 amide bonds. The van der Waals surface area contributed by atoms with Crippen LogP contribution < -0.4 is 25.3 Å². The van der Waals surface area contributed by atoms with E-state index in [2.05, 4.69) is 80.6 Å². The van der Waals surface area contributed by atoms with Gasteiger partial charge in [-0.15, -0.1) is 0 Å². The Balaban J connectivity index is 1.32. The van der Waals surface area contributed by atoms with Crippen LogP contribution in [-0.4, -0.2) is 59.3 Å². The number of piperidine rings is 1. The normalized spacial score (nSPS) is 20.0. The molecule has 2 saturated heterocycles. The van der Waals surface area contributed by atoms with Crippen molar-refractivity contribution in [1.82, 2.24) is 20.3 Å². The zero-order valence-electron chi connectivity index (χ0n) is 21.7. The highest BCUT2D eigenvalue weighted by Gasteiger charge is 2.25. The van der Waals surface area contributed by atoms with Gasteiger partial charge >= 0.3 is 0 Å². The lowest BCUT2D eigenvalue weighted by Crippen LogP contribution is -2.47. The number of aromatic nitrogens is 3. The molecule has 2 unspecified atom stereocenters. The third kappa shape index (κ3) is 6.65. The summed E-state index contributed by atoms with van der Waals surface area (Å²) in [6.07, 6.45) is 4.85. The second kappa shape index (κ2) is 11.7. The van der Waals surface area contributed by atoms with Crippen molar-refractivity contribution >= 4 is 40.6 Å². The number of thiocarbonyl (C=S) groups is 1. The summed E-state index contributed by atoms with van der Waals surface area (Å²) in [5.74, 6) is 3.71. The Morgan fingerprint density at radius 2 is 1.57 bits per heavy atom. The average Bonchev–Trinajstić information content (AvgIpc) is 2.92. The Hall–Kier alpha value is -3.46. The summed E-state index contributed by atoms with van der Waals surface area (Å²) >= 11 is 5.59. The summed E-state index contributed by atoms with van der Waals surface area (Å²) in [4.78, 5) is 21.2. The molecule has 8 nitrogen and oxygen atoms in total. The van der Waals surface area contributed by atoms with Gasteiger partial charge in [-0.25, -0.2) is 0 Å². The molecule has 2 aliphatic rings. The van der Waals surface area contributed by atoms with Crippen LogP contribution in [0.4, 0.5) is 23.3 Å². The lowest BCUT2D eigenvalue weighted by molar-refractivity contribution is 0.355. The van der Waals surface area contributed by atoms with E-state index in [-0.39, 0.29) is 0 Å². The van der Waals surface area contributed by atoms with Gasteiger partial charge in [0.15, 0.2) is 5.11 Å². The van der Waals surface area contributed by atoms with Gasteiger partial charge in [0.05, 0.1) is 0 Å². The minimum atomic E-state index is 0.501. The maximum absolute atomic E-state index is 5.59. The van der Waals surface area contributed by atoms with Gasteiger partial charge in [-0.1, -0.05) is 38.1 Å². The Morgan fingerprint density at radius 3 is 2.24 bits per heavy atom. The van der Waals surface area contributed by atoms with Crippen LogP contribution in [0.25, 0.3) is 0 Å². The van der Waals surface area contributed by atoms with E-state index < -0.39 is 0 Å². The number of nitrogens with one attached hydrogen (secondary N) is 2. The number of piperazine rings is 1. The highest BCUT2D eigenvalue weighted by Crippen LogP contribution is 2.29. The number of hydrogen-bond acceptors (Lipinski definition) is 7. The van der Waals surface area contributed by atoms with Crippen LogP contribution >= 0.6 is 12.2 Å². The molecule has 2 aromatic heterocycles. The third-order valence-corrected chi connectivity index (χ3v) is 7.26. The molecule has 5 rings (SSSR count). The Kier molecular flexibility index (Phi) is 7.99. The van der Waals surface area contributed by atoms with Gasteiger partial charge in [0.25, 0.3) is 0 Å². The molecule has 2 N–H and O–H groups in total. The molecule has 2 atom stereocenters. The maximum Gasteiger partial charge on any atom is 0.232 e. The van der Waals surface area contributed by atoms with Crippen LogP contribution in [0.1, 0.15) is 25.8 Å². The zero-order valence-corrected chi connectivity index (χ0v) is 22.5. The molecule has 0 radical (unpaired) electrons. The van der Waals surface area contributed by atoms with E-state index in [0.29, 0.717) is 29.4 Å². The molecule has 4 heterocycles. The predicted molar refractivity (Wildman–Crippen MR) is 155 cm³/mol. The van der Waals surface area contributed by atoms with Crippen molar-refractivity contribution < 1.29 is 0 Å². The van der Waals surface area contributed by atoms with Crippen LogP contribution in [0.15, 0.2) is 60.9 Å². The second-order valence-electron chi connectivity index (χ2n) is 10.2. The molecule has 0 bridgehead atoms. The Bertz CT molecular complexity index is 1160. The largest absolute Gasteiger partial charge is 0.368 e. The van der Waals surface area contributed by atoms with Gasteiger partial charge in [0.2, 0.25) is 5.95 Å². The van der Waals surface area contributed by atoms with Crippen molar-refractivity contribution in [3.8, 4) is 0 Å². The molecular formula is C28H36N8S. The first-order valence-electron chi connectivity index (χ1n) is 13.2. The van der Waals surface area contributed by atoms with E-state index >= 15 is 0 Å². The predicted octanol–water partition coefficient (Wildman–Crippen LogP) is 4.17. The van der Waals surface area contributed by atoms with Gasteiger partial charge in [-0.05, 0) is 54.2 Å². The molecule has 194 valence electrons. The van der Waals surface area contributed by atoms with Crippen molar-refractivity contribution in [3.05, 3.63) is 66.5 Å². The lowest BCUT2D eigenvalue weighted by atomic mass is 9.92. The number of hydrogen-bond donors (Lipinski definition) is 2. The molecule has 1 aromatic carbocycles. The summed E-state index contributed by atoms with van der Waals surface area (Å²) < 4.78 is 0. The van der Waals surface area contributed by atoms with E-state index in [4.69, 9.17) is 22.2 Å². The molecule has 3 aromatic rings. The topological polar surface area (TPSA) is 72.5 Å². The molecule has 37 heavy (non-hydrogen) atoms. The molecule has 0 saturated carbocycles. The lowest BCUT2D eigenvalue weighted by Gasteiger charge is -2.38. The number of para-hydroxylation sites is 1. The zero-order chi connectivity index (χ0) is 25.6. The molecule has 2 aliphatic heterocycles. The number of anilines is 4. The number of pyridine rings is 1. The molecule has 9 heteroatoms. The monoisotopic (exact) mass is 516 g/mol. The van der Waals surface area contributed by atoms with Crippen LogP contribution in [0.2, 0.25) is 0 Å². The van der Waals surface area contributed by atoms with Crippen LogP contribution in [0.5, 0.6) is 0 Å². The summed E-state index contributed by atoms with van der Waals surface area (Å²) in [5, 5.41) is 6.99. The molecule has 0 aliphatic carbocycles. The first-order valence-corrected chi connectivity index (χ1v) is 13.6. The SMILES string of the molecule is CC1CC(C)CN(c2cc(N3CCN(c4ccccc4)CC3)nc(NC(=S)NCc3cccnc3)n2)C1. The smallest absolute Gasteiger partial charge is 0.232 e. The highest BCUT2D eigenvalue weighted by molar-refractivity contribution is 7.80. The Morgan fingerprint density at radius 1 is 0.892 bits per heavy atom. The molecule has 2 fully saturated rings.